The highest BCUT2D eigenvalue weighted by Crippen LogP contribution is 2.66. The van der Waals surface area contributed by atoms with E-state index in [1.807, 2.05) is 0 Å². The molecule has 0 saturated heterocycles. The zero-order chi connectivity index (χ0) is 46.1. The molecule has 0 aliphatic heterocycles. The van der Waals surface area contributed by atoms with Crippen LogP contribution in [0.5, 0.6) is 0 Å². The molecule has 1 nitrogen and oxygen atoms in total. The molecule has 0 radical (unpaired) electrons. The van der Waals surface area contributed by atoms with Crippen molar-refractivity contribution in [2.45, 2.75) is 30.1 Å². The Morgan fingerprint density at radius 3 is 1.06 bits per heavy atom. The first-order valence-corrected chi connectivity index (χ1v) is 24.8. The first-order chi connectivity index (χ1) is 34.5. The van der Waals surface area contributed by atoms with Crippen LogP contribution < -0.4 is 4.90 Å². The first kappa shape index (κ1) is 38.4. The van der Waals surface area contributed by atoms with Gasteiger partial charge in [-0.05, 0) is 171 Å². The van der Waals surface area contributed by atoms with Gasteiger partial charge in [-0.25, -0.2) is 0 Å². The Kier molecular flexibility index (Phi) is 7.35. The van der Waals surface area contributed by atoms with Crippen LogP contribution in [0.2, 0.25) is 0 Å². The van der Waals surface area contributed by atoms with Crippen LogP contribution in [0.25, 0.3) is 66.4 Å². The number of hydrogen-bond acceptors (Lipinski definition) is 1. The molecule has 5 aliphatic rings. The maximum absolute atomic E-state index is 2.56. The van der Waals surface area contributed by atoms with Crippen molar-refractivity contribution in [3.8, 4) is 55.6 Å². The summed E-state index contributed by atoms with van der Waals surface area (Å²) in [4.78, 5) is 2.56. The Morgan fingerprint density at radius 1 is 0.229 bits per heavy atom. The molecule has 11 aromatic carbocycles. The van der Waals surface area contributed by atoms with E-state index in [1.54, 1.807) is 0 Å². The number of nitrogens with zero attached hydrogens (tertiary/aromatic N) is 1. The lowest BCUT2D eigenvalue weighted by Crippen LogP contribution is -2.26. The molecule has 5 aliphatic carbocycles. The Balaban J connectivity index is 0.963. The van der Waals surface area contributed by atoms with Gasteiger partial charge in [0.25, 0.3) is 0 Å². The van der Waals surface area contributed by atoms with Crippen LogP contribution in [0.4, 0.5) is 17.1 Å². The van der Waals surface area contributed by atoms with Crippen LogP contribution in [0.15, 0.2) is 237 Å². The van der Waals surface area contributed by atoms with Crippen LogP contribution >= 0.6 is 0 Å². The Hall–Kier alpha value is -8.52. The van der Waals surface area contributed by atoms with E-state index in [2.05, 4.69) is 255 Å². The van der Waals surface area contributed by atoms with Gasteiger partial charge in [0.05, 0.1) is 10.8 Å². The highest BCUT2D eigenvalue weighted by molar-refractivity contribution is 6.02. The van der Waals surface area contributed by atoms with Crippen molar-refractivity contribution < 1.29 is 0 Å². The average Bonchev–Trinajstić information content (AvgIpc) is 4.14. The van der Waals surface area contributed by atoms with E-state index in [0.717, 1.165) is 17.1 Å². The van der Waals surface area contributed by atoms with E-state index in [9.17, 15) is 0 Å². The molecule has 326 valence electrons. The molecule has 16 rings (SSSR count). The van der Waals surface area contributed by atoms with Gasteiger partial charge in [0.2, 0.25) is 0 Å². The number of hydrogen-bond donors (Lipinski definition) is 0. The van der Waals surface area contributed by atoms with E-state index in [0.29, 0.717) is 0 Å². The maximum Gasteiger partial charge on any atom is 0.0726 e. The molecule has 0 heterocycles. The van der Waals surface area contributed by atoms with E-state index < -0.39 is 10.8 Å². The molecule has 1 atom stereocenters. The topological polar surface area (TPSA) is 3.24 Å². The predicted molar refractivity (Wildman–Crippen MR) is 289 cm³/mol. The minimum Gasteiger partial charge on any atom is -0.310 e. The minimum atomic E-state index is -0.459. The van der Waals surface area contributed by atoms with E-state index in [-0.39, 0.29) is 5.41 Å². The number of fused-ring (bicyclic) bond motifs is 24. The van der Waals surface area contributed by atoms with Gasteiger partial charge in [0.15, 0.2) is 0 Å². The summed E-state index contributed by atoms with van der Waals surface area (Å²) in [5, 5.41) is 2.54. The van der Waals surface area contributed by atoms with E-state index >= 15 is 0 Å². The van der Waals surface area contributed by atoms with Gasteiger partial charge < -0.3 is 4.90 Å². The first-order valence-electron chi connectivity index (χ1n) is 24.8. The van der Waals surface area contributed by atoms with E-state index in [4.69, 9.17) is 0 Å². The molecule has 70 heavy (non-hydrogen) atoms. The fourth-order valence-corrected chi connectivity index (χ4v) is 14.5. The van der Waals surface area contributed by atoms with Crippen LogP contribution in [0, 0.1) is 0 Å². The highest BCUT2D eigenvalue weighted by atomic mass is 15.1. The average molecular weight is 888 g/mol. The third-order valence-corrected chi connectivity index (χ3v) is 17.3. The van der Waals surface area contributed by atoms with Crippen LogP contribution in [0.3, 0.4) is 0 Å². The smallest absolute Gasteiger partial charge is 0.0726 e. The lowest BCUT2D eigenvalue weighted by Gasteiger charge is -2.33. The lowest BCUT2D eigenvalue weighted by molar-refractivity contribution is 0.660. The molecule has 0 bridgehead atoms. The van der Waals surface area contributed by atoms with Gasteiger partial charge in [-0.2, -0.15) is 0 Å². The summed E-state index contributed by atoms with van der Waals surface area (Å²) >= 11 is 0. The molecule has 0 amide bonds. The quantitative estimate of drug-likeness (QED) is 0.171. The van der Waals surface area contributed by atoms with Gasteiger partial charge in [-0.15, -0.1) is 0 Å². The molecular weight excluding hydrogens is 843 g/mol. The van der Waals surface area contributed by atoms with Crippen molar-refractivity contribution in [1.82, 2.24) is 0 Å². The second-order valence-corrected chi connectivity index (χ2v) is 20.7. The van der Waals surface area contributed by atoms with Crippen LogP contribution in [0.1, 0.15) is 69.5 Å². The summed E-state index contributed by atoms with van der Waals surface area (Å²) < 4.78 is 0. The second kappa shape index (κ2) is 13.4. The Bertz CT molecular complexity index is 4060. The monoisotopic (exact) mass is 887 g/mol. The Labute approximate surface area is 408 Å². The number of anilines is 3. The molecule has 0 aromatic heterocycles. The zero-order valence-corrected chi connectivity index (χ0v) is 39.0. The fourth-order valence-electron chi connectivity index (χ4n) is 14.5. The summed E-state index contributed by atoms with van der Waals surface area (Å²) in [5.74, 6) is 0. The van der Waals surface area contributed by atoms with Crippen molar-refractivity contribution in [2.24, 2.45) is 0 Å². The summed E-state index contributed by atoms with van der Waals surface area (Å²) in [7, 11) is 0. The number of rotatable bonds is 3. The van der Waals surface area contributed by atoms with Gasteiger partial charge in [0, 0.05) is 22.5 Å². The second-order valence-electron chi connectivity index (χ2n) is 20.7. The van der Waals surface area contributed by atoms with Crippen LogP contribution in [-0.2, 0) is 16.2 Å². The van der Waals surface area contributed by atoms with Crippen LogP contribution in [-0.4, -0.2) is 0 Å². The van der Waals surface area contributed by atoms with Gasteiger partial charge in [-0.1, -0.05) is 202 Å². The summed E-state index contributed by atoms with van der Waals surface area (Å²) in [6.45, 7) is 4.78. The van der Waals surface area contributed by atoms with Gasteiger partial charge >= 0.3 is 0 Å². The third kappa shape index (κ3) is 4.55. The van der Waals surface area contributed by atoms with Crippen molar-refractivity contribution in [1.29, 1.82) is 0 Å². The molecule has 0 fully saturated rings. The normalized spacial score (nSPS) is 16.7. The zero-order valence-electron chi connectivity index (χ0n) is 39.0. The third-order valence-electron chi connectivity index (χ3n) is 17.3. The predicted octanol–water partition coefficient (Wildman–Crippen LogP) is 17.3. The Morgan fingerprint density at radius 2 is 0.543 bits per heavy atom. The standard InChI is InChI=1S/C69H45N/c1-67(2)57-25-11-5-19-47(57)53-34-31-45(40-64(53)67)70(46-32-35-54-50-22-8-14-28-60(50)68(66(54)41-46)58-26-12-6-20-48(58)49-21-7-13-27-59(49)68)44-33-36-63-56(39-44)52-24-10-16-30-62(52)69(63)61-29-15-9-23-51(61)55-37-42-17-3-4-18-43(42)38-65(55)69/h3-41H,1-2H3. The molecular formula is C69H45N. The van der Waals surface area contributed by atoms with Gasteiger partial charge in [0.1, 0.15) is 0 Å². The molecule has 0 N–H and O–H groups in total. The lowest BCUT2D eigenvalue weighted by atomic mass is 9.70. The summed E-state index contributed by atoms with van der Waals surface area (Å²) in [5.41, 5.74) is 29.0. The largest absolute Gasteiger partial charge is 0.310 e. The molecule has 0 saturated carbocycles. The number of benzene rings is 11. The fraction of sp³-hybridized carbons (Fsp3) is 0.0725. The molecule has 1 unspecified atom stereocenters. The maximum atomic E-state index is 2.56. The SMILES string of the molecule is CC1(C)c2ccccc2-c2ccc(N(c3ccc4c(c3)-c3ccccc3C43c4ccccc4-c4cc5ccccc5cc43)c3ccc4c(c3)C3(c5ccccc5-c5ccccc53)c3ccccc3-4)cc21. The summed E-state index contributed by atoms with van der Waals surface area (Å²) in [6, 6.07) is 90.5. The molecule has 2 spiro atoms. The van der Waals surface area contributed by atoms with Crippen molar-refractivity contribution >= 4 is 27.8 Å². The van der Waals surface area contributed by atoms with Crippen molar-refractivity contribution in [2.75, 3.05) is 4.90 Å². The summed E-state index contributed by atoms with van der Waals surface area (Å²) in [6.07, 6.45) is 0. The molecule has 1 heteroatoms. The van der Waals surface area contributed by atoms with E-state index in [1.165, 1.54) is 122 Å². The molecule has 11 aromatic rings. The van der Waals surface area contributed by atoms with Gasteiger partial charge in [-0.3, -0.25) is 0 Å². The minimum absolute atomic E-state index is 0.162. The van der Waals surface area contributed by atoms with Crippen molar-refractivity contribution in [3.05, 3.63) is 292 Å². The van der Waals surface area contributed by atoms with Crippen molar-refractivity contribution in [3.63, 3.8) is 0 Å². The highest BCUT2D eigenvalue weighted by Gasteiger charge is 2.53.